The summed E-state index contributed by atoms with van der Waals surface area (Å²) in [5.41, 5.74) is -2.22. The molecule has 3 unspecified atom stereocenters. The largest absolute Gasteiger partial charge is 0.395 e. The van der Waals surface area contributed by atoms with Crippen molar-refractivity contribution in [2.45, 2.75) is 31.6 Å². The van der Waals surface area contributed by atoms with Crippen molar-refractivity contribution in [2.24, 2.45) is 11.8 Å². The van der Waals surface area contributed by atoms with Crippen LogP contribution in [0.3, 0.4) is 0 Å². The van der Waals surface area contributed by atoms with Gasteiger partial charge >= 0.3 is 6.18 Å². The molecular weight excluding hydrogens is 184 g/mol. The quantitative estimate of drug-likeness (QED) is 0.564. The third-order valence-corrected chi connectivity index (χ3v) is 2.62. The van der Waals surface area contributed by atoms with E-state index in [1.54, 1.807) is 0 Å². The Hall–Kier alpha value is -0.280. The maximum absolute atomic E-state index is 13.4. The first-order valence-corrected chi connectivity index (χ1v) is 4.18. The van der Waals surface area contributed by atoms with Gasteiger partial charge in [0.05, 0.1) is 5.92 Å². The summed E-state index contributed by atoms with van der Waals surface area (Å²) in [6.07, 6.45) is -3.05. The molecule has 2 radical (unpaired) electrons. The molecule has 13 heavy (non-hydrogen) atoms. The smallest absolute Gasteiger partial charge is 0.243 e. The number of hydrogen-bond donors (Lipinski definition) is 0. The van der Waals surface area contributed by atoms with Crippen molar-refractivity contribution >= 4 is 0 Å². The van der Waals surface area contributed by atoms with Crippen LogP contribution in [0.4, 0.5) is 17.6 Å². The number of halogens is 4. The Bertz CT molecular complexity index is 183. The summed E-state index contributed by atoms with van der Waals surface area (Å²) >= 11 is 0. The minimum atomic E-state index is -4.46. The van der Waals surface area contributed by atoms with Crippen LogP contribution in [0.15, 0.2) is 0 Å². The maximum atomic E-state index is 13.4. The van der Waals surface area contributed by atoms with Gasteiger partial charge in [0.15, 0.2) is 0 Å². The fourth-order valence-electron chi connectivity index (χ4n) is 1.98. The predicted octanol–water partition coefficient (Wildman–Crippen LogP) is 3.34. The lowest BCUT2D eigenvalue weighted by atomic mass is 9.86. The zero-order chi connectivity index (χ0) is 10.3. The van der Waals surface area contributed by atoms with Gasteiger partial charge in [-0.15, -0.1) is 0 Å². The average molecular weight is 196 g/mol. The summed E-state index contributed by atoms with van der Waals surface area (Å²) in [6, 6.07) is 0. The first-order valence-electron chi connectivity index (χ1n) is 4.18. The fraction of sp³-hybridized carbons (Fsp3) is 0.778. The van der Waals surface area contributed by atoms with E-state index in [9.17, 15) is 17.6 Å². The highest BCUT2D eigenvalue weighted by Gasteiger charge is 2.58. The van der Waals surface area contributed by atoms with Crippen LogP contribution < -0.4 is 0 Å². The van der Waals surface area contributed by atoms with Crippen LogP contribution in [-0.4, -0.2) is 11.8 Å². The molecule has 1 fully saturated rings. The zero-order valence-corrected chi connectivity index (χ0v) is 7.37. The molecule has 1 saturated carbocycles. The lowest BCUT2D eigenvalue weighted by Gasteiger charge is -2.28. The second-order valence-corrected chi connectivity index (χ2v) is 3.66. The Kier molecular flexibility index (Phi) is 2.61. The molecule has 0 aromatic carbocycles. The Labute approximate surface area is 75.3 Å². The third kappa shape index (κ3) is 1.97. The van der Waals surface area contributed by atoms with Gasteiger partial charge in [-0.25, -0.2) is 4.39 Å². The van der Waals surface area contributed by atoms with Gasteiger partial charge in [-0.3, -0.25) is 0 Å². The van der Waals surface area contributed by atoms with Gasteiger partial charge in [-0.2, -0.15) is 13.2 Å². The summed E-state index contributed by atoms with van der Waals surface area (Å²) < 4.78 is 50.6. The molecule has 0 nitrogen and oxygen atoms in total. The van der Waals surface area contributed by atoms with Crippen LogP contribution >= 0.6 is 0 Å². The number of rotatable bonds is 1. The Balaban J connectivity index is 2.87. The van der Waals surface area contributed by atoms with E-state index in [-0.39, 0.29) is 12.8 Å². The molecule has 1 aliphatic rings. The fourth-order valence-corrected chi connectivity index (χ4v) is 1.98. The van der Waals surface area contributed by atoms with Crippen molar-refractivity contribution in [3.8, 4) is 0 Å². The van der Waals surface area contributed by atoms with Gasteiger partial charge in [-0.1, -0.05) is 6.92 Å². The maximum Gasteiger partial charge on any atom is 0.395 e. The van der Waals surface area contributed by atoms with Crippen LogP contribution in [0.25, 0.3) is 0 Å². The molecule has 1 rings (SSSR count). The van der Waals surface area contributed by atoms with Crippen molar-refractivity contribution in [3.63, 3.8) is 0 Å². The van der Waals surface area contributed by atoms with Crippen molar-refractivity contribution in [2.75, 3.05) is 0 Å². The summed E-state index contributed by atoms with van der Waals surface area (Å²) in [4.78, 5) is 0. The molecule has 0 aliphatic heterocycles. The van der Waals surface area contributed by atoms with Crippen LogP contribution in [0.1, 0.15) is 19.8 Å². The van der Waals surface area contributed by atoms with Crippen LogP contribution in [0.5, 0.6) is 0 Å². The SMILES string of the molecule is [CH2]CC1C[CH]C(C)(F)C1C(F)(F)F. The van der Waals surface area contributed by atoms with Gasteiger partial charge in [0, 0.05) is 0 Å². The second-order valence-electron chi connectivity index (χ2n) is 3.66. The molecule has 0 aromatic rings. The summed E-state index contributed by atoms with van der Waals surface area (Å²) in [5.74, 6) is -2.58. The number of hydrogen-bond acceptors (Lipinski definition) is 0. The van der Waals surface area contributed by atoms with Crippen LogP contribution in [0, 0.1) is 25.2 Å². The van der Waals surface area contributed by atoms with Crippen molar-refractivity contribution in [3.05, 3.63) is 13.3 Å². The van der Waals surface area contributed by atoms with Crippen LogP contribution in [-0.2, 0) is 0 Å². The molecule has 3 atom stereocenters. The van der Waals surface area contributed by atoms with E-state index in [1.165, 1.54) is 0 Å². The Morgan fingerprint density at radius 2 is 2.08 bits per heavy atom. The molecule has 76 valence electrons. The molecule has 0 amide bonds. The Morgan fingerprint density at radius 3 is 2.38 bits per heavy atom. The van der Waals surface area contributed by atoms with Crippen molar-refractivity contribution in [1.82, 2.24) is 0 Å². The average Bonchev–Trinajstić information content (AvgIpc) is 2.23. The molecule has 0 saturated heterocycles. The Morgan fingerprint density at radius 1 is 1.54 bits per heavy atom. The van der Waals surface area contributed by atoms with E-state index in [0.717, 1.165) is 13.3 Å². The summed E-state index contributed by atoms with van der Waals surface area (Å²) in [6.45, 7) is 4.40. The third-order valence-electron chi connectivity index (χ3n) is 2.62. The zero-order valence-electron chi connectivity index (χ0n) is 7.37. The van der Waals surface area contributed by atoms with Gasteiger partial charge in [0.2, 0.25) is 0 Å². The van der Waals surface area contributed by atoms with E-state index in [4.69, 9.17) is 0 Å². The summed E-state index contributed by atoms with van der Waals surface area (Å²) in [7, 11) is 0. The summed E-state index contributed by atoms with van der Waals surface area (Å²) in [5, 5.41) is 0. The van der Waals surface area contributed by atoms with E-state index in [0.29, 0.717) is 0 Å². The van der Waals surface area contributed by atoms with Gasteiger partial charge in [0.1, 0.15) is 5.67 Å². The minimum Gasteiger partial charge on any atom is -0.243 e. The first-order chi connectivity index (χ1) is 5.79. The second kappa shape index (κ2) is 3.14. The molecule has 0 heterocycles. The molecule has 0 bridgehead atoms. The minimum absolute atomic E-state index is 0.125. The molecule has 1 aliphatic carbocycles. The topological polar surface area (TPSA) is 0 Å². The van der Waals surface area contributed by atoms with Gasteiger partial charge in [-0.05, 0) is 32.1 Å². The molecule has 4 heteroatoms. The standard InChI is InChI=1S/C9H12F4/c1-3-6-4-5-8(2,10)7(6)9(11,12)13/h5-7H,1,3-4H2,2H3. The highest BCUT2D eigenvalue weighted by Crippen LogP contribution is 2.51. The first kappa shape index (κ1) is 10.8. The van der Waals surface area contributed by atoms with Gasteiger partial charge in [0.25, 0.3) is 0 Å². The van der Waals surface area contributed by atoms with E-state index in [1.807, 2.05) is 0 Å². The predicted molar refractivity (Wildman–Crippen MR) is 41.4 cm³/mol. The highest BCUT2D eigenvalue weighted by molar-refractivity contribution is 5.08. The van der Waals surface area contributed by atoms with Crippen molar-refractivity contribution in [1.29, 1.82) is 0 Å². The monoisotopic (exact) mass is 196 g/mol. The normalized spacial score (nSPS) is 41.1. The van der Waals surface area contributed by atoms with Crippen molar-refractivity contribution < 1.29 is 17.6 Å². The lowest BCUT2D eigenvalue weighted by Crippen LogP contribution is -2.39. The molecule has 0 N–H and O–H groups in total. The molecular formula is C9H12F4. The molecule has 0 spiro atoms. The van der Waals surface area contributed by atoms with E-state index < -0.39 is 23.7 Å². The number of alkyl halides is 4. The van der Waals surface area contributed by atoms with E-state index in [2.05, 4.69) is 6.92 Å². The van der Waals surface area contributed by atoms with E-state index >= 15 is 0 Å². The van der Waals surface area contributed by atoms with Gasteiger partial charge < -0.3 is 0 Å². The highest BCUT2D eigenvalue weighted by atomic mass is 19.4. The van der Waals surface area contributed by atoms with Crippen LogP contribution in [0.2, 0.25) is 0 Å². The molecule has 0 aromatic heterocycles. The lowest BCUT2D eigenvalue weighted by molar-refractivity contribution is -0.208.